The van der Waals surface area contributed by atoms with Gasteiger partial charge in [0.15, 0.2) is 5.82 Å². The van der Waals surface area contributed by atoms with Crippen LogP contribution in [0.5, 0.6) is 0 Å². The van der Waals surface area contributed by atoms with Crippen LogP contribution >= 0.6 is 0 Å². The molecular weight excluding hydrogens is 374 g/mol. The van der Waals surface area contributed by atoms with Gasteiger partial charge in [0.05, 0.1) is 25.8 Å². The Morgan fingerprint density at radius 3 is 2.74 bits per heavy atom. The normalized spacial score (nSPS) is 15.3. The molecule has 0 saturated heterocycles. The Morgan fingerprint density at radius 1 is 1.30 bits per heavy atom. The number of carbonyl (C=O) groups excluding carboxylic acids is 2. The van der Waals surface area contributed by atoms with Crippen molar-refractivity contribution in [1.29, 1.82) is 0 Å². The summed E-state index contributed by atoms with van der Waals surface area (Å²) >= 11 is 0. The lowest BCUT2D eigenvalue weighted by Gasteiger charge is -2.22. The van der Waals surface area contributed by atoms with Crippen LogP contribution in [0.4, 0.5) is 10.6 Å². The second-order valence-corrected chi connectivity index (χ2v) is 8.32. The van der Waals surface area contributed by atoms with E-state index in [4.69, 9.17) is 0 Å². The van der Waals surface area contributed by atoms with Gasteiger partial charge in [-0.15, -0.1) is 0 Å². The Labute approximate surface area is 159 Å². The fourth-order valence-electron chi connectivity index (χ4n) is 2.85. The van der Waals surface area contributed by atoms with Gasteiger partial charge in [0.1, 0.15) is 0 Å². The molecule has 0 unspecified atom stereocenters. The van der Waals surface area contributed by atoms with Crippen LogP contribution in [-0.4, -0.2) is 55.6 Å². The highest BCUT2D eigenvalue weighted by Gasteiger charge is 2.20. The number of anilines is 1. The lowest BCUT2D eigenvalue weighted by Crippen LogP contribution is -2.41. The van der Waals surface area contributed by atoms with Crippen molar-refractivity contribution >= 4 is 27.8 Å². The van der Waals surface area contributed by atoms with Crippen molar-refractivity contribution in [1.82, 2.24) is 19.8 Å². The van der Waals surface area contributed by atoms with Gasteiger partial charge in [-0.2, -0.15) is 5.10 Å². The Hall–Kier alpha value is -2.14. The van der Waals surface area contributed by atoms with Gasteiger partial charge in [-0.1, -0.05) is 19.3 Å². The zero-order valence-electron chi connectivity index (χ0n) is 15.4. The standard InChI is InChI=1S/C16H27N5O5S/c1-26-15(22)8-11-21-10-7-14(19-21)18-16(23)17-9-12-27(24,25)20-13-5-3-2-4-6-13/h7,10,13,20H,2-6,8-9,11-12H2,1H3,(H2,17,18,19,23). The summed E-state index contributed by atoms with van der Waals surface area (Å²) in [5.74, 6) is -0.217. The number of methoxy groups -OCH3 is 1. The average Bonchev–Trinajstić information content (AvgIpc) is 3.07. The zero-order valence-corrected chi connectivity index (χ0v) is 16.3. The van der Waals surface area contributed by atoms with Crippen LogP contribution in [-0.2, 0) is 26.1 Å². The Bertz CT molecular complexity index is 727. The molecule has 2 amide bonds. The molecule has 1 heterocycles. The predicted octanol–water partition coefficient (Wildman–Crippen LogP) is 0.820. The minimum absolute atomic E-state index is 0.00304. The van der Waals surface area contributed by atoms with E-state index >= 15 is 0 Å². The summed E-state index contributed by atoms with van der Waals surface area (Å²) < 4.78 is 32.9. The van der Waals surface area contributed by atoms with E-state index in [1.54, 1.807) is 12.3 Å². The number of amides is 2. The number of hydrogen-bond donors (Lipinski definition) is 3. The Kier molecular flexibility index (Phi) is 8.04. The fourth-order valence-corrected chi connectivity index (χ4v) is 4.09. The maximum atomic E-state index is 12.1. The van der Waals surface area contributed by atoms with Gasteiger partial charge in [-0.25, -0.2) is 17.9 Å². The van der Waals surface area contributed by atoms with E-state index in [-0.39, 0.29) is 30.7 Å². The second kappa shape index (κ2) is 10.3. The fraction of sp³-hybridized carbons (Fsp3) is 0.688. The molecule has 1 aromatic heterocycles. The van der Waals surface area contributed by atoms with Crippen LogP contribution in [0, 0.1) is 0 Å². The lowest BCUT2D eigenvalue weighted by atomic mass is 9.96. The van der Waals surface area contributed by atoms with E-state index < -0.39 is 16.1 Å². The number of hydrogen-bond acceptors (Lipinski definition) is 6. The van der Waals surface area contributed by atoms with Crippen LogP contribution in [0.15, 0.2) is 12.3 Å². The average molecular weight is 401 g/mol. The van der Waals surface area contributed by atoms with Crippen LogP contribution in [0.2, 0.25) is 0 Å². The summed E-state index contributed by atoms with van der Waals surface area (Å²) in [7, 11) is -2.11. The summed E-state index contributed by atoms with van der Waals surface area (Å²) in [5, 5.41) is 9.12. The highest BCUT2D eigenvalue weighted by molar-refractivity contribution is 7.89. The van der Waals surface area contributed by atoms with Crippen LogP contribution in [0.25, 0.3) is 0 Å². The summed E-state index contributed by atoms with van der Waals surface area (Å²) in [5.41, 5.74) is 0. The van der Waals surface area contributed by atoms with Crippen molar-refractivity contribution in [2.75, 3.05) is 24.7 Å². The topological polar surface area (TPSA) is 131 Å². The van der Waals surface area contributed by atoms with E-state index in [0.29, 0.717) is 12.4 Å². The molecule has 1 fully saturated rings. The van der Waals surface area contributed by atoms with Crippen molar-refractivity contribution in [3.8, 4) is 0 Å². The molecule has 0 atom stereocenters. The summed E-state index contributed by atoms with van der Waals surface area (Å²) in [6, 6.07) is 1.05. The van der Waals surface area contributed by atoms with Crippen molar-refractivity contribution < 1.29 is 22.7 Å². The SMILES string of the molecule is COC(=O)CCn1ccc(NC(=O)NCCS(=O)(=O)NC2CCCCC2)n1. The van der Waals surface area contributed by atoms with Gasteiger partial charge >= 0.3 is 12.0 Å². The van der Waals surface area contributed by atoms with Crippen molar-refractivity contribution in [2.45, 2.75) is 51.1 Å². The van der Waals surface area contributed by atoms with Crippen molar-refractivity contribution in [2.24, 2.45) is 0 Å². The number of esters is 1. The van der Waals surface area contributed by atoms with Crippen molar-refractivity contribution in [3.63, 3.8) is 0 Å². The third-order valence-electron chi connectivity index (χ3n) is 4.26. The number of rotatable bonds is 9. The molecule has 2 rings (SSSR count). The van der Waals surface area contributed by atoms with E-state index in [9.17, 15) is 18.0 Å². The molecule has 3 N–H and O–H groups in total. The molecule has 1 aliphatic carbocycles. The molecule has 1 saturated carbocycles. The molecule has 0 aliphatic heterocycles. The molecule has 11 heteroatoms. The minimum atomic E-state index is -3.42. The Balaban J connectivity index is 1.68. The first-order valence-electron chi connectivity index (χ1n) is 9.03. The third-order valence-corrected chi connectivity index (χ3v) is 5.70. The van der Waals surface area contributed by atoms with Crippen molar-refractivity contribution in [3.05, 3.63) is 12.3 Å². The van der Waals surface area contributed by atoms with E-state index in [1.807, 2.05) is 0 Å². The molecule has 0 aromatic carbocycles. The summed E-state index contributed by atoms with van der Waals surface area (Å²) in [4.78, 5) is 22.9. The van der Waals surface area contributed by atoms with Crippen LogP contribution in [0.3, 0.4) is 0 Å². The maximum absolute atomic E-state index is 12.1. The zero-order chi connectivity index (χ0) is 19.7. The van der Waals surface area contributed by atoms with Crippen LogP contribution in [0.1, 0.15) is 38.5 Å². The van der Waals surface area contributed by atoms with Crippen LogP contribution < -0.4 is 15.4 Å². The number of aryl methyl sites for hydroxylation is 1. The number of ether oxygens (including phenoxy) is 1. The van der Waals surface area contributed by atoms with Gasteiger partial charge in [-0.3, -0.25) is 14.8 Å². The van der Waals surface area contributed by atoms with Gasteiger partial charge in [0.2, 0.25) is 10.0 Å². The van der Waals surface area contributed by atoms with Gasteiger partial charge in [0.25, 0.3) is 0 Å². The largest absolute Gasteiger partial charge is 0.469 e. The minimum Gasteiger partial charge on any atom is -0.469 e. The number of nitrogens with zero attached hydrogens (tertiary/aromatic N) is 2. The first-order chi connectivity index (χ1) is 12.9. The monoisotopic (exact) mass is 401 g/mol. The molecule has 0 bridgehead atoms. The molecule has 0 spiro atoms. The molecule has 152 valence electrons. The van der Waals surface area contributed by atoms with E-state index in [0.717, 1.165) is 32.1 Å². The number of nitrogens with one attached hydrogen (secondary N) is 3. The second-order valence-electron chi connectivity index (χ2n) is 6.44. The number of carbonyl (C=O) groups is 2. The molecule has 0 radical (unpaired) electrons. The number of aromatic nitrogens is 2. The van der Waals surface area contributed by atoms with Gasteiger partial charge in [-0.05, 0) is 12.8 Å². The summed E-state index contributed by atoms with van der Waals surface area (Å²) in [6.07, 6.45) is 6.77. The maximum Gasteiger partial charge on any atom is 0.320 e. The molecule has 1 aliphatic rings. The number of urea groups is 1. The first-order valence-corrected chi connectivity index (χ1v) is 10.7. The van der Waals surface area contributed by atoms with Gasteiger partial charge < -0.3 is 10.1 Å². The van der Waals surface area contributed by atoms with Gasteiger partial charge in [0, 0.05) is 24.8 Å². The highest BCUT2D eigenvalue weighted by atomic mass is 32.2. The summed E-state index contributed by atoms with van der Waals surface area (Å²) in [6.45, 7) is 0.331. The molecule has 27 heavy (non-hydrogen) atoms. The van der Waals surface area contributed by atoms with E-state index in [2.05, 4.69) is 25.2 Å². The molecular formula is C16H27N5O5S. The first kappa shape index (κ1) is 21.2. The highest BCUT2D eigenvalue weighted by Crippen LogP contribution is 2.17. The third kappa shape index (κ3) is 7.95. The quantitative estimate of drug-likeness (QED) is 0.525. The lowest BCUT2D eigenvalue weighted by molar-refractivity contribution is -0.140. The molecule has 1 aromatic rings. The predicted molar refractivity (Wildman–Crippen MR) is 99.7 cm³/mol. The molecule has 10 nitrogen and oxygen atoms in total. The Morgan fingerprint density at radius 2 is 2.04 bits per heavy atom. The van der Waals surface area contributed by atoms with E-state index in [1.165, 1.54) is 11.8 Å². The number of sulfonamides is 1. The smallest absolute Gasteiger partial charge is 0.320 e.